The molecule has 0 aromatic heterocycles. The van der Waals surface area contributed by atoms with Crippen LogP contribution in [0.25, 0.3) is 0 Å². The minimum atomic E-state index is -3.26. The average Bonchev–Trinajstić information content (AvgIpc) is 2.45. The van der Waals surface area contributed by atoms with E-state index < -0.39 is 9.84 Å². The van der Waals surface area contributed by atoms with Gasteiger partial charge in [-0.1, -0.05) is 12.1 Å². The van der Waals surface area contributed by atoms with Crippen molar-refractivity contribution in [2.45, 2.75) is 11.4 Å². The molecule has 0 saturated heterocycles. The molecular weight excluding hydrogens is 286 g/mol. The first-order valence-electron chi connectivity index (χ1n) is 6.22. The van der Waals surface area contributed by atoms with Crippen LogP contribution in [0.4, 0.5) is 11.4 Å². The van der Waals surface area contributed by atoms with Crippen molar-refractivity contribution in [3.05, 3.63) is 53.6 Å². The Labute approximate surface area is 123 Å². The maximum Gasteiger partial charge on any atom is 0.175 e. The third kappa shape index (κ3) is 3.74. The monoisotopic (exact) mass is 301 g/mol. The van der Waals surface area contributed by atoms with Crippen LogP contribution in [0.2, 0.25) is 0 Å². The molecule has 0 amide bonds. The summed E-state index contributed by atoms with van der Waals surface area (Å²) in [6.07, 6.45) is 1.14. The van der Waals surface area contributed by atoms with Gasteiger partial charge in [-0.05, 0) is 35.9 Å². The molecule has 0 saturated carbocycles. The van der Waals surface area contributed by atoms with Gasteiger partial charge in [-0.3, -0.25) is 0 Å². The number of sulfone groups is 1. The highest BCUT2D eigenvalue weighted by atomic mass is 32.2. The Morgan fingerprint density at radius 2 is 1.86 bits per heavy atom. The Morgan fingerprint density at radius 1 is 1.19 bits per heavy atom. The van der Waals surface area contributed by atoms with Crippen molar-refractivity contribution in [1.82, 2.24) is 0 Å². The first-order chi connectivity index (χ1) is 9.90. The molecule has 0 heterocycles. The maximum absolute atomic E-state index is 11.4. The molecule has 2 aromatic carbocycles. The average molecular weight is 301 g/mol. The normalized spacial score (nSPS) is 10.9. The van der Waals surface area contributed by atoms with Gasteiger partial charge >= 0.3 is 0 Å². The van der Waals surface area contributed by atoms with E-state index in [4.69, 9.17) is 11.0 Å². The summed E-state index contributed by atoms with van der Waals surface area (Å²) >= 11 is 0. The topological polar surface area (TPSA) is 96.0 Å². The molecule has 0 aliphatic heterocycles. The van der Waals surface area contributed by atoms with Gasteiger partial charge in [0.1, 0.15) is 0 Å². The number of nitrogens with two attached hydrogens (primary N) is 1. The van der Waals surface area contributed by atoms with Crippen molar-refractivity contribution in [3.8, 4) is 6.07 Å². The van der Waals surface area contributed by atoms with Gasteiger partial charge in [0.15, 0.2) is 9.84 Å². The number of nitrogen functional groups attached to an aromatic ring is 1. The Morgan fingerprint density at radius 3 is 2.38 bits per heavy atom. The van der Waals surface area contributed by atoms with E-state index in [1.165, 1.54) is 12.1 Å². The second-order valence-electron chi connectivity index (χ2n) is 4.68. The molecule has 0 spiro atoms. The standard InChI is InChI=1S/C15H15N3O2S/c1-21(19,20)13-6-7-15(14(17)8-13)18-10-12-4-2-11(9-16)3-5-12/h2-8,18H,10,17H2,1H3. The zero-order valence-corrected chi connectivity index (χ0v) is 12.3. The van der Waals surface area contributed by atoms with Gasteiger partial charge in [-0.25, -0.2) is 8.42 Å². The molecule has 0 aliphatic rings. The van der Waals surface area contributed by atoms with Crippen molar-refractivity contribution in [1.29, 1.82) is 5.26 Å². The van der Waals surface area contributed by atoms with Crippen molar-refractivity contribution < 1.29 is 8.42 Å². The summed E-state index contributed by atoms with van der Waals surface area (Å²) in [5, 5.41) is 11.9. The number of nitriles is 1. The summed E-state index contributed by atoms with van der Waals surface area (Å²) in [6, 6.07) is 13.9. The lowest BCUT2D eigenvalue weighted by Gasteiger charge is -2.10. The summed E-state index contributed by atoms with van der Waals surface area (Å²) in [7, 11) is -3.26. The molecule has 0 bridgehead atoms. The van der Waals surface area contributed by atoms with Crippen LogP contribution in [0.3, 0.4) is 0 Å². The van der Waals surface area contributed by atoms with E-state index in [1.807, 2.05) is 12.1 Å². The third-order valence-corrected chi connectivity index (χ3v) is 4.13. The van der Waals surface area contributed by atoms with Crippen molar-refractivity contribution >= 4 is 21.2 Å². The molecule has 5 nitrogen and oxygen atoms in total. The summed E-state index contributed by atoms with van der Waals surface area (Å²) in [5.41, 5.74) is 8.52. The van der Waals surface area contributed by atoms with E-state index in [2.05, 4.69) is 11.4 Å². The van der Waals surface area contributed by atoms with E-state index in [1.54, 1.807) is 18.2 Å². The lowest BCUT2D eigenvalue weighted by Crippen LogP contribution is -2.04. The summed E-state index contributed by atoms with van der Waals surface area (Å²) in [5.74, 6) is 0. The SMILES string of the molecule is CS(=O)(=O)c1ccc(NCc2ccc(C#N)cc2)c(N)c1. The molecule has 0 unspecified atom stereocenters. The number of hydrogen-bond acceptors (Lipinski definition) is 5. The van der Waals surface area contributed by atoms with Crippen molar-refractivity contribution in [2.24, 2.45) is 0 Å². The van der Waals surface area contributed by atoms with Crippen LogP contribution in [0.1, 0.15) is 11.1 Å². The fourth-order valence-corrected chi connectivity index (χ4v) is 2.48. The van der Waals surface area contributed by atoms with Gasteiger partial charge in [0.25, 0.3) is 0 Å². The molecule has 0 aliphatic carbocycles. The second kappa shape index (κ2) is 5.85. The molecule has 2 aromatic rings. The van der Waals surface area contributed by atoms with Crippen LogP contribution in [0, 0.1) is 11.3 Å². The fraction of sp³-hybridized carbons (Fsp3) is 0.133. The minimum Gasteiger partial charge on any atom is -0.397 e. The van der Waals surface area contributed by atoms with E-state index in [-0.39, 0.29) is 4.90 Å². The molecular formula is C15H15N3O2S. The Kier molecular flexibility index (Phi) is 4.15. The largest absolute Gasteiger partial charge is 0.397 e. The smallest absolute Gasteiger partial charge is 0.175 e. The zero-order chi connectivity index (χ0) is 15.5. The quantitative estimate of drug-likeness (QED) is 0.844. The van der Waals surface area contributed by atoms with Crippen LogP contribution < -0.4 is 11.1 Å². The van der Waals surface area contributed by atoms with Crippen LogP contribution in [0.5, 0.6) is 0 Å². The van der Waals surface area contributed by atoms with Crippen molar-refractivity contribution in [2.75, 3.05) is 17.3 Å². The fourth-order valence-electron chi connectivity index (χ4n) is 1.83. The molecule has 108 valence electrons. The first-order valence-corrected chi connectivity index (χ1v) is 8.12. The number of hydrogen-bond donors (Lipinski definition) is 2. The highest BCUT2D eigenvalue weighted by molar-refractivity contribution is 7.90. The molecule has 21 heavy (non-hydrogen) atoms. The molecule has 6 heteroatoms. The van der Waals surface area contributed by atoms with E-state index in [0.717, 1.165) is 11.8 Å². The van der Waals surface area contributed by atoms with E-state index in [9.17, 15) is 8.42 Å². The predicted octanol–water partition coefficient (Wildman–Crippen LogP) is 2.16. The second-order valence-corrected chi connectivity index (χ2v) is 6.70. The summed E-state index contributed by atoms with van der Waals surface area (Å²) < 4.78 is 22.9. The lowest BCUT2D eigenvalue weighted by molar-refractivity contribution is 0.602. The zero-order valence-electron chi connectivity index (χ0n) is 11.5. The minimum absolute atomic E-state index is 0.198. The van der Waals surface area contributed by atoms with Gasteiger partial charge < -0.3 is 11.1 Å². The van der Waals surface area contributed by atoms with Crippen molar-refractivity contribution in [3.63, 3.8) is 0 Å². The molecule has 0 radical (unpaired) electrons. The van der Waals surface area contributed by atoms with Crippen LogP contribution >= 0.6 is 0 Å². The molecule has 0 atom stereocenters. The number of nitrogens with zero attached hydrogens (tertiary/aromatic N) is 1. The maximum atomic E-state index is 11.4. The summed E-state index contributed by atoms with van der Waals surface area (Å²) in [6.45, 7) is 0.536. The van der Waals surface area contributed by atoms with Crippen LogP contribution in [-0.4, -0.2) is 14.7 Å². The van der Waals surface area contributed by atoms with Gasteiger partial charge in [0, 0.05) is 12.8 Å². The predicted molar refractivity (Wildman–Crippen MR) is 82.4 cm³/mol. The van der Waals surface area contributed by atoms with E-state index in [0.29, 0.717) is 23.5 Å². The number of benzene rings is 2. The van der Waals surface area contributed by atoms with E-state index >= 15 is 0 Å². The highest BCUT2D eigenvalue weighted by Gasteiger charge is 2.09. The molecule has 0 fully saturated rings. The Bertz CT molecular complexity index is 791. The number of anilines is 2. The van der Waals surface area contributed by atoms with Gasteiger partial charge in [-0.15, -0.1) is 0 Å². The third-order valence-electron chi connectivity index (χ3n) is 3.02. The summed E-state index contributed by atoms with van der Waals surface area (Å²) in [4.78, 5) is 0.198. The molecule has 3 N–H and O–H groups in total. The molecule has 2 rings (SSSR count). The van der Waals surface area contributed by atoms with Gasteiger partial charge in [0.05, 0.1) is 27.9 Å². The van der Waals surface area contributed by atoms with Gasteiger partial charge in [0.2, 0.25) is 0 Å². The number of rotatable bonds is 4. The Balaban J connectivity index is 2.11. The first kappa shape index (κ1) is 14.9. The van der Waals surface area contributed by atoms with Crippen LogP contribution in [-0.2, 0) is 16.4 Å². The lowest BCUT2D eigenvalue weighted by atomic mass is 10.1. The highest BCUT2D eigenvalue weighted by Crippen LogP contribution is 2.23. The van der Waals surface area contributed by atoms with Crippen LogP contribution in [0.15, 0.2) is 47.4 Å². The van der Waals surface area contributed by atoms with Gasteiger partial charge in [-0.2, -0.15) is 5.26 Å². The number of nitrogens with one attached hydrogen (secondary N) is 1. The Hall–Kier alpha value is -2.52.